The molecule has 0 fully saturated rings. The number of aryl methyl sites for hydroxylation is 1. The molecule has 0 unspecified atom stereocenters. The van der Waals surface area contributed by atoms with E-state index in [9.17, 15) is 0 Å². The lowest BCUT2D eigenvalue weighted by Gasteiger charge is -2.14. The van der Waals surface area contributed by atoms with Gasteiger partial charge < -0.3 is 14.2 Å². The Morgan fingerprint density at radius 1 is 1.08 bits per heavy atom. The molecule has 2 rings (SSSR count). The van der Waals surface area contributed by atoms with Crippen LogP contribution in [-0.4, -0.2) is 12.7 Å². The van der Waals surface area contributed by atoms with Crippen molar-refractivity contribution in [3.63, 3.8) is 0 Å². The van der Waals surface area contributed by atoms with Crippen molar-refractivity contribution in [1.82, 2.24) is 0 Å². The molecule has 0 aliphatic rings. The molecule has 3 nitrogen and oxygen atoms in total. The molecule has 2 aromatic carbocycles. The van der Waals surface area contributed by atoms with Gasteiger partial charge in [-0.25, -0.2) is 0 Å². The number of benzene rings is 2. The molecule has 0 spiro atoms. The molecule has 0 bridgehead atoms. The lowest BCUT2D eigenvalue weighted by molar-refractivity contribution is 0.242. The first-order valence-corrected chi connectivity index (χ1v) is 9.70. The third kappa shape index (κ3) is 6.57. The zero-order chi connectivity index (χ0) is 18.4. The van der Waals surface area contributed by atoms with E-state index in [1.807, 2.05) is 57.2 Å². The maximum absolute atomic E-state index is 6.30. The van der Waals surface area contributed by atoms with Crippen molar-refractivity contribution >= 4 is 43.5 Å². The van der Waals surface area contributed by atoms with Crippen LogP contribution in [0.15, 0.2) is 45.9 Å². The van der Waals surface area contributed by atoms with Gasteiger partial charge in [-0.15, -0.1) is 0 Å². The van der Waals surface area contributed by atoms with Gasteiger partial charge >= 0.3 is 0 Å². The number of ether oxygens (including phenoxy) is 3. The summed E-state index contributed by atoms with van der Waals surface area (Å²) in [4.78, 5) is 0. The molecule has 0 aliphatic carbocycles. The first-order chi connectivity index (χ1) is 11.8. The quantitative estimate of drug-likeness (QED) is 0.410. The van der Waals surface area contributed by atoms with E-state index in [1.165, 1.54) is 0 Å². The number of halogens is 3. The zero-order valence-electron chi connectivity index (χ0n) is 14.2. The van der Waals surface area contributed by atoms with Crippen molar-refractivity contribution in [1.29, 1.82) is 0 Å². The average molecular weight is 491 g/mol. The van der Waals surface area contributed by atoms with Crippen LogP contribution in [0.4, 0.5) is 0 Å². The molecule has 25 heavy (non-hydrogen) atoms. The van der Waals surface area contributed by atoms with Crippen LogP contribution in [0, 0.1) is 6.92 Å². The van der Waals surface area contributed by atoms with Crippen LogP contribution in [0.1, 0.15) is 19.4 Å². The molecule has 0 saturated carbocycles. The highest BCUT2D eigenvalue weighted by Crippen LogP contribution is 2.35. The smallest absolute Gasteiger partial charge is 0.138 e. The molecule has 0 amide bonds. The van der Waals surface area contributed by atoms with E-state index in [0.29, 0.717) is 23.1 Å². The van der Waals surface area contributed by atoms with Crippen molar-refractivity contribution < 1.29 is 14.2 Å². The second kappa shape index (κ2) is 9.51. The SMILES string of the molecule is Cc1cc(OCC=C(Br)Br)c(Cl)cc1Oc1ccc(OC(C)C)cc1. The van der Waals surface area contributed by atoms with Gasteiger partial charge in [-0.2, -0.15) is 0 Å². The first-order valence-electron chi connectivity index (χ1n) is 7.74. The minimum Gasteiger partial charge on any atom is -0.491 e. The molecule has 0 saturated heterocycles. The minimum atomic E-state index is 0.139. The molecule has 6 heteroatoms. The van der Waals surface area contributed by atoms with E-state index in [-0.39, 0.29) is 6.10 Å². The van der Waals surface area contributed by atoms with E-state index in [1.54, 1.807) is 6.07 Å². The summed E-state index contributed by atoms with van der Waals surface area (Å²) < 4.78 is 18.0. The molecular formula is C19H19Br2ClO3. The predicted molar refractivity (Wildman–Crippen MR) is 110 cm³/mol. The molecule has 0 aliphatic heterocycles. The Balaban J connectivity index is 2.09. The topological polar surface area (TPSA) is 27.7 Å². The Morgan fingerprint density at radius 2 is 1.72 bits per heavy atom. The van der Waals surface area contributed by atoms with Crippen molar-refractivity contribution in [2.24, 2.45) is 0 Å². The molecule has 0 radical (unpaired) electrons. The van der Waals surface area contributed by atoms with Gasteiger partial charge in [0.25, 0.3) is 0 Å². The van der Waals surface area contributed by atoms with Gasteiger partial charge in [0.15, 0.2) is 0 Å². The Hall–Kier alpha value is -1.17. The molecule has 0 heterocycles. The van der Waals surface area contributed by atoms with Crippen LogP contribution in [0.5, 0.6) is 23.0 Å². The lowest BCUT2D eigenvalue weighted by Crippen LogP contribution is -2.05. The van der Waals surface area contributed by atoms with E-state index < -0.39 is 0 Å². The van der Waals surface area contributed by atoms with Crippen molar-refractivity contribution in [3.8, 4) is 23.0 Å². The fraction of sp³-hybridized carbons (Fsp3) is 0.263. The first kappa shape index (κ1) is 20.1. The average Bonchev–Trinajstić information content (AvgIpc) is 2.53. The maximum Gasteiger partial charge on any atom is 0.138 e. The molecular weight excluding hydrogens is 471 g/mol. The molecule has 0 aromatic heterocycles. The van der Waals surface area contributed by atoms with Gasteiger partial charge in [-0.3, -0.25) is 0 Å². The van der Waals surface area contributed by atoms with Gasteiger partial charge in [0.1, 0.15) is 29.6 Å². The summed E-state index contributed by atoms with van der Waals surface area (Å²) in [5.41, 5.74) is 0.934. The van der Waals surface area contributed by atoms with Crippen molar-refractivity contribution in [2.75, 3.05) is 6.61 Å². The fourth-order valence-corrected chi connectivity index (χ4v) is 2.51. The van der Waals surface area contributed by atoms with Crippen LogP contribution in [-0.2, 0) is 0 Å². The number of hydrogen-bond donors (Lipinski definition) is 0. The van der Waals surface area contributed by atoms with E-state index in [2.05, 4.69) is 31.9 Å². The monoisotopic (exact) mass is 488 g/mol. The van der Waals surface area contributed by atoms with Gasteiger partial charge in [0.05, 0.1) is 14.5 Å². The summed E-state index contributed by atoms with van der Waals surface area (Å²) in [6.07, 6.45) is 1.98. The standard InChI is InChI=1S/C19H19Br2ClO3/c1-12(2)24-14-4-6-15(7-5-14)25-17-11-16(22)18(10-13(17)3)23-9-8-19(20)21/h4-8,10-12H,9H2,1-3H3. The second-order valence-electron chi connectivity index (χ2n) is 5.59. The highest BCUT2D eigenvalue weighted by Gasteiger charge is 2.09. The molecule has 134 valence electrons. The van der Waals surface area contributed by atoms with Crippen LogP contribution in [0.25, 0.3) is 0 Å². The number of hydrogen-bond acceptors (Lipinski definition) is 3. The van der Waals surface area contributed by atoms with E-state index in [4.69, 9.17) is 25.8 Å². The predicted octanol–water partition coefficient (Wildman–Crippen LogP) is 7.24. The van der Waals surface area contributed by atoms with Crippen LogP contribution >= 0.6 is 43.5 Å². The third-order valence-electron chi connectivity index (χ3n) is 3.13. The van der Waals surface area contributed by atoms with Crippen molar-refractivity contribution in [2.45, 2.75) is 26.9 Å². The minimum absolute atomic E-state index is 0.139. The Morgan fingerprint density at radius 3 is 2.32 bits per heavy atom. The van der Waals surface area contributed by atoms with Gasteiger partial charge in [0.2, 0.25) is 0 Å². The fourth-order valence-electron chi connectivity index (χ4n) is 2.04. The lowest BCUT2D eigenvalue weighted by atomic mass is 10.2. The van der Waals surface area contributed by atoms with E-state index in [0.717, 1.165) is 20.5 Å². The number of rotatable bonds is 7. The summed E-state index contributed by atoms with van der Waals surface area (Å²) in [6, 6.07) is 11.1. The Labute approximate surface area is 170 Å². The summed E-state index contributed by atoms with van der Waals surface area (Å²) in [6.45, 7) is 6.34. The third-order valence-corrected chi connectivity index (χ3v) is 4.07. The summed E-state index contributed by atoms with van der Waals surface area (Å²) in [7, 11) is 0. The Kier molecular flexibility index (Phi) is 7.66. The largest absolute Gasteiger partial charge is 0.491 e. The summed E-state index contributed by atoms with van der Waals surface area (Å²) >= 11 is 12.9. The van der Waals surface area contributed by atoms with Crippen molar-refractivity contribution in [3.05, 3.63) is 56.5 Å². The second-order valence-corrected chi connectivity index (χ2v) is 8.77. The highest BCUT2D eigenvalue weighted by molar-refractivity contribution is 9.28. The summed E-state index contributed by atoms with van der Waals surface area (Å²) in [5.74, 6) is 2.83. The highest BCUT2D eigenvalue weighted by atomic mass is 79.9. The zero-order valence-corrected chi connectivity index (χ0v) is 18.1. The van der Waals surface area contributed by atoms with E-state index >= 15 is 0 Å². The van der Waals surface area contributed by atoms with Crippen LogP contribution in [0.2, 0.25) is 5.02 Å². The van der Waals surface area contributed by atoms with Gasteiger partial charge in [-0.05, 0) is 94.6 Å². The summed E-state index contributed by atoms with van der Waals surface area (Å²) in [5, 5.41) is 0.499. The maximum atomic E-state index is 6.30. The van der Waals surface area contributed by atoms with Crippen LogP contribution < -0.4 is 14.2 Å². The Bertz CT molecular complexity index is 739. The molecule has 2 aromatic rings. The van der Waals surface area contributed by atoms with Gasteiger partial charge in [-0.1, -0.05) is 11.6 Å². The van der Waals surface area contributed by atoms with Gasteiger partial charge in [0, 0.05) is 6.07 Å². The molecule has 0 atom stereocenters. The normalized spacial score (nSPS) is 10.5. The van der Waals surface area contributed by atoms with Crippen LogP contribution in [0.3, 0.4) is 0 Å². The molecule has 0 N–H and O–H groups in total.